The van der Waals surface area contributed by atoms with Crippen molar-refractivity contribution in [1.82, 2.24) is 9.62 Å². The molecule has 94 valence electrons. The largest absolute Gasteiger partial charge is 0.341 e. The second-order valence-corrected chi connectivity index (χ2v) is 6.45. The maximum atomic E-state index is 11.8. The van der Waals surface area contributed by atoms with E-state index in [0.717, 1.165) is 25.6 Å². The van der Waals surface area contributed by atoms with Crippen LogP contribution in [0.3, 0.4) is 0 Å². The fourth-order valence-corrected chi connectivity index (χ4v) is 2.74. The van der Waals surface area contributed by atoms with E-state index in [1.807, 2.05) is 13.8 Å². The Morgan fingerprint density at radius 1 is 1.44 bits per heavy atom. The Labute approximate surface area is 97.2 Å². The van der Waals surface area contributed by atoms with E-state index in [4.69, 9.17) is 0 Å². The molecule has 0 radical (unpaired) electrons. The number of carbonyl (C=O) groups excluding carboxylic acids is 1. The second-order valence-electron chi connectivity index (χ2n) is 4.67. The number of sulfonamides is 1. The highest BCUT2D eigenvalue weighted by Gasteiger charge is 2.26. The van der Waals surface area contributed by atoms with Crippen molar-refractivity contribution in [3.05, 3.63) is 0 Å². The molecule has 0 saturated carbocycles. The lowest BCUT2D eigenvalue weighted by Gasteiger charge is -2.33. The number of nitrogens with one attached hydrogen (secondary N) is 1. The lowest BCUT2D eigenvalue weighted by molar-refractivity contribution is -0.135. The third-order valence-electron chi connectivity index (χ3n) is 2.61. The van der Waals surface area contributed by atoms with Crippen molar-refractivity contribution in [3.8, 4) is 0 Å². The molecule has 1 aliphatic heterocycles. The molecule has 1 heterocycles. The molecule has 1 N–H and O–H groups in total. The molecule has 1 atom stereocenters. The van der Waals surface area contributed by atoms with Crippen LogP contribution in [0.4, 0.5) is 0 Å². The summed E-state index contributed by atoms with van der Waals surface area (Å²) < 4.78 is 24.8. The molecule has 0 aromatic rings. The molecule has 0 aromatic carbocycles. The third kappa shape index (κ3) is 4.09. The molecule has 1 aliphatic rings. The van der Waals surface area contributed by atoms with Crippen molar-refractivity contribution in [2.24, 2.45) is 5.92 Å². The molecule has 5 nitrogen and oxygen atoms in total. The average molecular weight is 248 g/mol. The number of likely N-dealkylation sites (tertiary alicyclic amines) is 1. The van der Waals surface area contributed by atoms with Crippen LogP contribution in [0.5, 0.6) is 0 Å². The standard InChI is InChI=1S/C10H20N2O3S/c1-8(2)10(13)12-6-4-5-9(7-12)11-16(3,14)15/h8-9,11H,4-7H2,1-3H3/t9-/m1/s1. The van der Waals surface area contributed by atoms with Gasteiger partial charge in [0.05, 0.1) is 6.26 Å². The number of carbonyl (C=O) groups is 1. The minimum atomic E-state index is -3.18. The molecule has 1 fully saturated rings. The number of piperidine rings is 1. The van der Waals surface area contributed by atoms with E-state index in [1.165, 1.54) is 0 Å². The highest BCUT2D eigenvalue weighted by Crippen LogP contribution is 2.13. The topological polar surface area (TPSA) is 66.5 Å². The summed E-state index contributed by atoms with van der Waals surface area (Å²) in [6.07, 6.45) is 2.80. The highest BCUT2D eigenvalue weighted by atomic mass is 32.2. The Morgan fingerprint density at radius 2 is 2.06 bits per heavy atom. The molecule has 0 aromatic heterocycles. The summed E-state index contributed by atoms with van der Waals surface area (Å²) >= 11 is 0. The summed E-state index contributed by atoms with van der Waals surface area (Å²) in [5, 5.41) is 0. The van der Waals surface area contributed by atoms with E-state index in [-0.39, 0.29) is 17.9 Å². The molecule has 1 saturated heterocycles. The van der Waals surface area contributed by atoms with Gasteiger partial charge < -0.3 is 4.90 Å². The lowest BCUT2D eigenvalue weighted by Crippen LogP contribution is -2.50. The van der Waals surface area contributed by atoms with E-state index < -0.39 is 10.0 Å². The predicted molar refractivity (Wildman–Crippen MR) is 62.4 cm³/mol. The Balaban J connectivity index is 2.57. The zero-order chi connectivity index (χ0) is 12.3. The van der Waals surface area contributed by atoms with E-state index in [9.17, 15) is 13.2 Å². The molecule has 0 aliphatic carbocycles. The first-order chi connectivity index (χ1) is 7.29. The van der Waals surface area contributed by atoms with Crippen molar-refractivity contribution < 1.29 is 13.2 Å². The second kappa shape index (κ2) is 5.14. The monoisotopic (exact) mass is 248 g/mol. The van der Waals surface area contributed by atoms with Crippen LogP contribution in [-0.2, 0) is 14.8 Å². The van der Waals surface area contributed by atoms with Gasteiger partial charge in [-0.15, -0.1) is 0 Å². The Kier molecular flexibility index (Phi) is 4.32. The first-order valence-electron chi connectivity index (χ1n) is 5.55. The molecule has 6 heteroatoms. The molecular formula is C10H20N2O3S. The highest BCUT2D eigenvalue weighted by molar-refractivity contribution is 7.88. The van der Waals surface area contributed by atoms with Crippen LogP contribution in [0.1, 0.15) is 26.7 Å². The molecular weight excluding hydrogens is 228 g/mol. The van der Waals surface area contributed by atoms with Gasteiger partial charge >= 0.3 is 0 Å². The lowest BCUT2D eigenvalue weighted by atomic mass is 10.0. The quantitative estimate of drug-likeness (QED) is 0.775. The van der Waals surface area contributed by atoms with E-state index in [1.54, 1.807) is 4.90 Å². The van der Waals surface area contributed by atoms with Gasteiger partial charge in [0.2, 0.25) is 15.9 Å². The zero-order valence-electron chi connectivity index (χ0n) is 10.1. The normalized spacial score (nSPS) is 22.5. The number of rotatable bonds is 3. The first-order valence-corrected chi connectivity index (χ1v) is 7.45. The molecule has 1 rings (SSSR count). The van der Waals surface area contributed by atoms with Crippen molar-refractivity contribution >= 4 is 15.9 Å². The van der Waals surface area contributed by atoms with Crippen LogP contribution in [0, 0.1) is 5.92 Å². The van der Waals surface area contributed by atoms with E-state index in [2.05, 4.69) is 4.72 Å². The zero-order valence-corrected chi connectivity index (χ0v) is 10.9. The summed E-state index contributed by atoms with van der Waals surface area (Å²) in [5.74, 6) is 0.0667. The number of amides is 1. The van der Waals surface area contributed by atoms with Gasteiger partial charge in [0.25, 0.3) is 0 Å². The van der Waals surface area contributed by atoms with Gasteiger partial charge in [0, 0.05) is 25.0 Å². The van der Waals surface area contributed by atoms with Crippen LogP contribution in [0.25, 0.3) is 0 Å². The SMILES string of the molecule is CC(C)C(=O)N1CCC[C@@H](NS(C)(=O)=O)C1. The van der Waals surface area contributed by atoms with Gasteiger partial charge in [-0.25, -0.2) is 13.1 Å². The number of hydrogen-bond donors (Lipinski definition) is 1. The van der Waals surface area contributed by atoms with Crippen LogP contribution in [-0.4, -0.2) is 44.6 Å². The van der Waals surface area contributed by atoms with E-state index in [0.29, 0.717) is 6.54 Å². The summed E-state index contributed by atoms with van der Waals surface area (Å²) in [6.45, 7) is 4.94. The minimum Gasteiger partial charge on any atom is -0.341 e. The summed E-state index contributed by atoms with van der Waals surface area (Å²) in [5.41, 5.74) is 0. The summed E-state index contributed by atoms with van der Waals surface area (Å²) in [6, 6.07) is -0.133. The average Bonchev–Trinajstić information content (AvgIpc) is 2.14. The third-order valence-corrected chi connectivity index (χ3v) is 3.37. The number of nitrogens with zero attached hydrogens (tertiary/aromatic N) is 1. The smallest absolute Gasteiger partial charge is 0.225 e. The van der Waals surface area contributed by atoms with Crippen molar-refractivity contribution in [1.29, 1.82) is 0 Å². The summed E-state index contributed by atoms with van der Waals surface area (Å²) in [4.78, 5) is 13.5. The molecule has 0 bridgehead atoms. The van der Waals surface area contributed by atoms with Gasteiger partial charge in [0.15, 0.2) is 0 Å². The Morgan fingerprint density at radius 3 is 2.56 bits per heavy atom. The fraction of sp³-hybridized carbons (Fsp3) is 0.900. The van der Waals surface area contributed by atoms with Gasteiger partial charge in [-0.05, 0) is 12.8 Å². The van der Waals surface area contributed by atoms with Gasteiger partial charge in [-0.3, -0.25) is 4.79 Å². The summed E-state index contributed by atoms with van der Waals surface area (Å²) in [7, 11) is -3.18. The van der Waals surface area contributed by atoms with Crippen molar-refractivity contribution in [2.45, 2.75) is 32.7 Å². The molecule has 16 heavy (non-hydrogen) atoms. The van der Waals surface area contributed by atoms with Gasteiger partial charge in [0.1, 0.15) is 0 Å². The maximum absolute atomic E-state index is 11.8. The van der Waals surface area contributed by atoms with Crippen molar-refractivity contribution in [2.75, 3.05) is 19.3 Å². The van der Waals surface area contributed by atoms with Crippen LogP contribution in [0.15, 0.2) is 0 Å². The van der Waals surface area contributed by atoms with Crippen molar-refractivity contribution in [3.63, 3.8) is 0 Å². The Hall–Kier alpha value is -0.620. The Bertz CT molecular complexity index is 351. The molecule has 0 unspecified atom stereocenters. The predicted octanol–water partition coefficient (Wildman–Crippen LogP) is 0.183. The fourth-order valence-electron chi connectivity index (χ4n) is 1.94. The van der Waals surface area contributed by atoms with E-state index >= 15 is 0 Å². The molecule has 0 spiro atoms. The maximum Gasteiger partial charge on any atom is 0.225 e. The van der Waals surface area contributed by atoms with Gasteiger partial charge in [-0.2, -0.15) is 0 Å². The van der Waals surface area contributed by atoms with Crippen LogP contribution < -0.4 is 4.72 Å². The molecule has 1 amide bonds. The minimum absolute atomic E-state index is 0.0306. The van der Waals surface area contributed by atoms with Gasteiger partial charge in [-0.1, -0.05) is 13.8 Å². The first kappa shape index (κ1) is 13.4. The van der Waals surface area contributed by atoms with Crippen LogP contribution >= 0.6 is 0 Å². The van der Waals surface area contributed by atoms with Crippen LogP contribution in [0.2, 0.25) is 0 Å². The number of hydrogen-bond acceptors (Lipinski definition) is 3.